The van der Waals surface area contributed by atoms with Gasteiger partial charge in [0.1, 0.15) is 29.8 Å². The average molecular weight is 358 g/mol. The highest BCUT2D eigenvalue weighted by atomic mass is 19.1. The first-order valence-corrected chi connectivity index (χ1v) is 8.23. The van der Waals surface area contributed by atoms with Gasteiger partial charge in [-0.1, -0.05) is 32.0 Å². The maximum Gasteiger partial charge on any atom is 0.174 e. The summed E-state index contributed by atoms with van der Waals surface area (Å²) >= 11 is 0. The van der Waals surface area contributed by atoms with Gasteiger partial charge in [-0.2, -0.15) is 0 Å². The van der Waals surface area contributed by atoms with Crippen LogP contribution in [0.5, 0.6) is 5.75 Å². The summed E-state index contributed by atoms with van der Waals surface area (Å²) in [6, 6.07) is 12.6. The van der Waals surface area contributed by atoms with E-state index in [1.54, 1.807) is 24.3 Å². The first-order chi connectivity index (χ1) is 12.3. The van der Waals surface area contributed by atoms with E-state index in [1.807, 2.05) is 26.8 Å². The molecule has 0 aliphatic heterocycles. The summed E-state index contributed by atoms with van der Waals surface area (Å²) in [7, 11) is 0. The number of hydrogen-bond donors (Lipinski definition) is 1. The first-order valence-electron chi connectivity index (χ1n) is 8.23. The third-order valence-electron chi connectivity index (χ3n) is 3.82. The zero-order valence-corrected chi connectivity index (χ0v) is 14.8. The number of halogens is 2. The quantitative estimate of drug-likeness (QED) is 0.647. The lowest BCUT2D eigenvalue weighted by molar-refractivity contribution is 0.292. The fourth-order valence-electron chi connectivity index (χ4n) is 2.30. The molecule has 1 N–H and O–H groups in total. The normalized spacial score (nSPS) is 11.4. The Kier molecular flexibility index (Phi) is 4.93. The molecule has 1 heterocycles. The zero-order valence-electron chi connectivity index (χ0n) is 14.8. The monoisotopic (exact) mass is 358 g/mol. The Hall–Kier alpha value is -2.89. The van der Waals surface area contributed by atoms with E-state index in [1.165, 1.54) is 18.2 Å². The number of aromatic nitrogens is 1. The second-order valence-corrected chi connectivity index (χ2v) is 6.96. The Morgan fingerprint density at radius 3 is 2.27 bits per heavy atom. The minimum atomic E-state index is -0.621. The molecule has 0 fully saturated rings. The lowest BCUT2D eigenvalue weighted by Crippen LogP contribution is -2.09. The van der Waals surface area contributed by atoms with Crippen molar-refractivity contribution < 1.29 is 18.0 Å². The summed E-state index contributed by atoms with van der Waals surface area (Å²) < 4.78 is 38.0. The van der Waals surface area contributed by atoms with Crippen molar-refractivity contribution in [3.63, 3.8) is 0 Å². The van der Waals surface area contributed by atoms with Gasteiger partial charge in [-0.05, 0) is 36.4 Å². The Labute approximate surface area is 150 Å². The number of nitrogens with zero attached hydrogens (tertiary/aromatic N) is 1. The Balaban J connectivity index is 1.63. The molecule has 0 saturated carbocycles. The van der Waals surface area contributed by atoms with Crippen molar-refractivity contribution in [1.29, 1.82) is 0 Å². The van der Waals surface area contributed by atoms with Crippen molar-refractivity contribution in [1.82, 2.24) is 5.16 Å². The third kappa shape index (κ3) is 4.20. The molecule has 6 heteroatoms. The van der Waals surface area contributed by atoms with E-state index in [4.69, 9.17) is 9.26 Å². The van der Waals surface area contributed by atoms with Crippen LogP contribution < -0.4 is 10.1 Å². The summed E-state index contributed by atoms with van der Waals surface area (Å²) in [6.45, 7) is 5.95. The van der Waals surface area contributed by atoms with E-state index in [0.29, 0.717) is 11.6 Å². The van der Waals surface area contributed by atoms with Gasteiger partial charge in [0.25, 0.3) is 0 Å². The molecule has 0 amide bonds. The minimum Gasteiger partial charge on any atom is -0.489 e. The van der Waals surface area contributed by atoms with E-state index in [9.17, 15) is 8.78 Å². The topological polar surface area (TPSA) is 47.3 Å². The molecule has 0 aliphatic rings. The summed E-state index contributed by atoms with van der Waals surface area (Å²) in [5, 5.41) is 7.13. The van der Waals surface area contributed by atoms with Crippen LogP contribution in [0.4, 0.5) is 20.3 Å². The van der Waals surface area contributed by atoms with Gasteiger partial charge in [-0.3, -0.25) is 0 Å². The molecule has 4 nitrogen and oxygen atoms in total. The van der Waals surface area contributed by atoms with Crippen LogP contribution in [-0.2, 0) is 12.0 Å². The maximum absolute atomic E-state index is 13.6. The molecular weight excluding hydrogens is 338 g/mol. The number of rotatable bonds is 5. The molecule has 3 aromatic rings. The van der Waals surface area contributed by atoms with Gasteiger partial charge in [-0.15, -0.1) is 0 Å². The Morgan fingerprint density at radius 1 is 1.04 bits per heavy atom. The van der Waals surface area contributed by atoms with E-state index >= 15 is 0 Å². The Bertz CT molecular complexity index is 863. The molecule has 2 aromatic carbocycles. The van der Waals surface area contributed by atoms with E-state index in [-0.39, 0.29) is 17.6 Å². The second kappa shape index (κ2) is 7.15. The van der Waals surface area contributed by atoms with Crippen molar-refractivity contribution in [3.05, 3.63) is 71.5 Å². The van der Waals surface area contributed by atoms with Crippen molar-refractivity contribution in [2.45, 2.75) is 32.8 Å². The minimum absolute atomic E-state index is 0.0907. The van der Waals surface area contributed by atoms with Crippen molar-refractivity contribution in [2.24, 2.45) is 0 Å². The molecular formula is C20H20F2N2O2. The van der Waals surface area contributed by atoms with Gasteiger partial charge >= 0.3 is 0 Å². The number of nitrogens with one attached hydrogen (secondary N) is 1. The molecule has 0 saturated heterocycles. The summed E-state index contributed by atoms with van der Waals surface area (Å²) in [6.07, 6.45) is 0. The fourth-order valence-corrected chi connectivity index (χ4v) is 2.30. The van der Waals surface area contributed by atoms with Crippen molar-refractivity contribution in [3.8, 4) is 5.75 Å². The number of benzene rings is 2. The molecule has 0 bridgehead atoms. The van der Waals surface area contributed by atoms with E-state index in [2.05, 4.69) is 10.5 Å². The molecule has 136 valence electrons. The highest BCUT2D eigenvalue weighted by Crippen LogP contribution is 2.26. The molecule has 0 aliphatic carbocycles. The highest BCUT2D eigenvalue weighted by Gasteiger charge is 2.19. The molecule has 26 heavy (non-hydrogen) atoms. The molecule has 3 rings (SSSR count). The van der Waals surface area contributed by atoms with Crippen LogP contribution in [0.25, 0.3) is 0 Å². The van der Waals surface area contributed by atoms with Gasteiger partial charge in [0.05, 0.1) is 5.56 Å². The summed E-state index contributed by atoms with van der Waals surface area (Å²) in [4.78, 5) is 0. The number of hydrogen-bond acceptors (Lipinski definition) is 4. The molecule has 0 radical (unpaired) electrons. The summed E-state index contributed by atoms with van der Waals surface area (Å²) in [5.41, 5.74) is 0.585. The Morgan fingerprint density at radius 2 is 1.69 bits per heavy atom. The second-order valence-electron chi connectivity index (χ2n) is 6.96. The number of ether oxygens (including phenoxy) is 1. The molecule has 0 unspecified atom stereocenters. The van der Waals surface area contributed by atoms with Crippen molar-refractivity contribution in [2.75, 3.05) is 5.32 Å². The predicted octanol–water partition coefficient (Wildman–Crippen LogP) is 5.57. The van der Waals surface area contributed by atoms with Crippen LogP contribution >= 0.6 is 0 Å². The standard InChI is InChI=1S/C20H20F2N2O2/c1-20(2,3)18-11-19(24-26-18)23-13-7-9-14(10-8-13)25-12-15-16(21)5-4-6-17(15)22/h4-11H,12H2,1-3H3,(H,23,24). The first kappa shape index (κ1) is 17.9. The maximum atomic E-state index is 13.6. The zero-order chi connectivity index (χ0) is 18.7. The largest absolute Gasteiger partial charge is 0.489 e. The lowest BCUT2D eigenvalue weighted by Gasteiger charge is -2.12. The fraction of sp³-hybridized carbons (Fsp3) is 0.250. The highest BCUT2D eigenvalue weighted by molar-refractivity contribution is 5.57. The lowest BCUT2D eigenvalue weighted by atomic mass is 9.93. The molecule has 0 atom stereocenters. The van der Waals surface area contributed by atoms with Crippen LogP contribution in [0.15, 0.2) is 53.1 Å². The number of anilines is 2. The van der Waals surface area contributed by atoms with Gasteiger partial charge in [0.15, 0.2) is 5.82 Å². The molecule has 1 aromatic heterocycles. The molecule has 0 spiro atoms. The van der Waals surface area contributed by atoms with E-state index in [0.717, 1.165) is 11.4 Å². The van der Waals surface area contributed by atoms with Crippen LogP contribution in [0.1, 0.15) is 32.1 Å². The summed E-state index contributed by atoms with van der Waals surface area (Å²) in [5.74, 6) is 0.658. The van der Waals surface area contributed by atoms with Crippen molar-refractivity contribution >= 4 is 11.5 Å². The van der Waals surface area contributed by atoms with Crippen LogP contribution in [-0.4, -0.2) is 5.16 Å². The van der Waals surface area contributed by atoms with Gasteiger partial charge in [0, 0.05) is 17.2 Å². The van der Waals surface area contributed by atoms with Gasteiger partial charge in [-0.25, -0.2) is 8.78 Å². The van der Waals surface area contributed by atoms with Crippen LogP contribution in [0.2, 0.25) is 0 Å². The predicted molar refractivity (Wildman–Crippen MR) is 95.6 cm³/mol. The average Bonchev–Trinajstić information content (AvgIpc) is 3.05. The van der Waals surface area contributed by atoms with Gasteiger partial charge in [0.2, 0.25) is 0 Å². The SMILES string of the molecule is CC(C)(C)c1cc(Nc2ccc(OCc3c(F)cccc3F)cc2)no1. The van der Waals surface area contributed by atoms with E-state index < -0.39 is 11.6 Å². The van der Waals surface area contributed by atoms with Crippen LogP contribution in [0, 0.1) is 11.6 Å². The third-order valence-corrected chi connectivity index (χ3v) is 3.82. The van der Waals surface area contributed by atoms with Gasteiger partial charge < -0.3 is 14.6 Å². The van der Waals surface area contributed by atoms with Crippen LogP contribution in [0.3, 0.4) is 0 Å². The smallest absolute Gasteiger partial charge is 0.174 e.